The lowest BCUT2D eigenvalue weighted by atomic mass is 10.1. The first-order chi connectivity index (χ1) is 15.9. The second-order valence-electron chi connectivity index (χ2n) is 6.78. The van der Waals surface area contributed by atoms with Crippen molar-refractivity contribution in [2.75, 3.05) is 0 Å². The van der Waals surface area contributed by atoms with Gasteiger partial charge in [0.1, 0.15) is 13.6 Å². The lowest BCUT2D eigenvalue weighted by Crippen LogP contribution is -1.78. The van der Waals surface area contributed by atoms with Crippen molar-refractivity contribution in [3.8, 4) is 0 Å². The van der Waals surface area contributed by atoms with Crippen LogP contribution in [0.15, 0.2) is 47.5 Å². The monoisotopic (exact) mass is 459 g/mol. The van der Waals surface area contributed by atoms with Gasteiger partial charge in [0.2, 0.25) is 0 Å². The lowest BCUT2D eigenvalue weighted by molar-refractivity contribution is -0.0987. The molecule has 0 saturated heterocycles. The quantitative estimate of drug-likeness (QED) is 0.429. The second-order valence-corrected chi connectivity index (χ2v) is 6.78. The summed E-state index contributed by atoms with van der Waals surface area (Å²) in [5.41, 5.74) is 6.24. The summed E-state index contributed by atoms with van der Waals surface area (Å²) in [7, 11) is 0. The van der Waals surface area contributed by atoms with Gasteiger partial charge in [0.15, 0.2) is 0 Å². The van der Waals surface area contributed by atoms with Crippen LogP contribution in [0, 0.1) is 27.7 Å². The number of hydrogen-bond donors (Lipinski definition) is 0. The predicted octanol–water partition coefficient (Wildman–Crippen LogP) is 9.60. The molecule has 0 aliphatic heterocycles. The van der Waals surface area contributed by atoms with Crippen molar-refractivity contribution in [2.24, 2.45) is 4.99 Å². The molecule has 0 atom stereocenters. The van der Waals surface area contributed by atoms with Gasteiger partial charge in [0, 0.05) is 6.21 Å². The molecule has 2 rings (SSSR count). The highest BCUT2D eigenvalue weighted by Gasteiger charge is 1.96. The minimum absolute atomic E-state index is 1.11. The summed E-state index contributed by atoms with van der Waals surface area (Å²) in [4.78, 5) is 20.3. The van der Waals surface area contributed by atoms with E-state index >= 15 is 0 Å². The number of unbranched alkanes of at least 4 members (excludes halogenated alkanes) is 2. The Morgan fingerprint density at radius 3 is 1.12 bits per heavy atom. The predicted molar refractivity (Wildman–Crippen MR) is 152 cm³/mol. The van der Waals surface area contributed by atoms with E-state index in [1.54, 1.807) is 0 Å². The first-order valence-electron chi connectivity index (χ1n) is 12.0. The van der Waals surface area contributed by atoms with Crippen LogP contribution in [0.5, 0.6) is 0 Å². The molecule has 0 unspecified atom stereocenters. The minimum Gasteiger partial charge on any atom is -0.307 e. The third-order valence-corrected chi connectivity index (χ3v) is 3.92. The number of carbonyl (C=O) groups is 2. The molecule has 0 aliphatic carbocycles. The third kappa shape index (κ3) is 31.7. The Kier molecular flexibility index (Phi) is 45.5. The molecule has 2 aromatic rings. The summed E-state index contributed by atoms with van der Waals surface area (Å²) >= 11 is 0. The summed E-state index contributed by atoms with van der Waals surface area (Å²) in [6, 6.07) is 14.7. The van der Waals surface area contributed by atoms with Crippen LogP contribution in [0.4, 0.5) is 5.69 Å². The van der Waals surface area contributed by atoms with E-state index in [0.29, 0.717) is 0 Å². The molecular formula is C30H53NO2. The molecule has 33 heavy (non-hydrogen) atoms. The number of benzene rings is 2. The van der Waals surface area contributed by atoms with Gasteiger partial charge >= 0.3 is 0 Å². The van der Waals surface area contributed by atoms with E-state index in [-0.39, 0.29) is 0 Å². The molecule has 0 saturated carbocycles. The molecule has 0 fully saturated rings. The zero-order valence-corrected chi connectivity index (χ0v) is 23.6. The third-order valence-electron chi connectivity index (χ3n) is 3.92. The molecule has 0 spiro atoms. The Balaban J connectivity index is -0.000000105. The Bertz CT molecular complexity index is 583. The van der Waals surface area contributed by atoms with E-state index < -0.39 is 0 Å². The largest absolute Gasteiger partial charge is 0.307 e. The maximum absolute atomic E-state index is 8.00. The molecular weight excluding hydrogens is 406 g/mol. The van der Waals surface area contributed by atoms with Crippen molar-refractivity contribution in [3.05, 3.63) is 64.7 Å². The number of para-hydroxylation sites is 1. The number of hydrogen-bond acceptors (Lipinski definition) is 3. The van der Waals surface area contributed by atoms with Gasteiger partial charge in [-0.1, -0.05) is 121 Å². The van der Waals surface area contributed by atoms with Crippen LogP contribution in [0.3, 0.4) is 0 Å². The standard InChI is InChI=1S/C10H13N.C8H10.2C4H10.C2H6.2CH2O/c1-4-11-10-8(2)6-5-7-9(10)3;1-7-3-5-8(2)6-4-7;2*1-3-4-2;3*1-2/h4-7H,1-3H3;3-6H,1-2H3;2*3-4H2,1-2H3;1-2H3;2*1H2. The molecule has 0 heterocycles. The fraction of sp³-hybridized carbons (Fsp3) is 0.500. The van der Waals surface area contributed by atoms with Gasteiger partial charge in [0.05, 0.1) is 5.69 Å². The fourth-order valence-electron chi connectivity index (χ4n) is 1.78. The van der Waals surface area contributed by atoms with Gasteiger partial charge in [-0.25, -0.2) is 0 Å². The summed E-state index contributed by atoms with van der Waals surface area (Å²) in [5.74, 6) is 0. The van der Waals surface area contributed by atoms with E-state index in [9.17, 15) is 0 Å². The summed E-state index contributed by atoms with van der Waals surface area (Å²) in [6.45, 7) is 27.0. The molecule has 0 radical (unpaired) electrons. The maximum atomic E-state index is 8.00. The molecule has 0 bridgehead atoms. The fourth-order valence-corrected chi connectivity index (χ4v) is 1.78. The van der Waals surface area contributed by atoms with Crippen molar-refractivity contribution in [3.63, 3.8) is 0 Å². The number of carbonyl (C=O) groups excluding carboxylic acids is 2. The lowest BCUT2D eigenvalue weighted by Gasteiger charge is -2.02. The maximum Gasteiger partial charge on any atom is 0.106 e. The van der Waals surface area contributed by atoms with Crippen LogP contribution in [0.2, 0.25) is 0 Å². The zero-order valence-electron chi connectivity index (χ0n) is 23.6. The van der Waals surface area contributed by atoms with Crippen LogP contribution in [0.25, 0.3) is 0 Å². The van der Waals surface area contributed by atoms with Crippen LogP contribution in [-0.4, -0.2) is 19.8 Å². The van der Waals surface area contributed by atoms with Crippen LogP contribution in [-0.2, 0) is 9.59 Å². The van der Waals surface area contributed by atoms with Crippen molar-refractivity contribution < 1.29 is 9.59 Å². The summed E-state index contributed by atoms with van der Waals surface area (Å²) in [5, 5.41) is 0. The Hall–Kier alpha value is -2.55. The van der Waals surface area contributed by atoms with Crippen LogP contribution in [0.1, 0.15) is 96.4 Å². The van der Waals surface area contributed by atoms with Gasteiger partial charge in [-0.3, -0.25) is 4.99 Å². The molecule has 0 N–H and O–H groups in total. The van der Waals surface area contributed by atoms with E-state index in [4.69, 9.17) is 9.59 Å². The molecule has 0 amide bonds. The van der Waals surface area contributed by atoms with Crippen LogP contribution < -0.4 is 0 Å². The van der Waals surface area contributed by atoms with E-state index in [0.717, 1.165) is 5.69 Å². The molecule has 0 aromatic heterocycles. The summed E-state index contributed by atoms with van der Waals surface area (Å²) < 4.78 is 0. The zero-order chi connectivity index (χ0) is 27.1. The van der Waals surface area contributed by atoms with Crippen molar-refractivity contribution >= 4 is 25.5 Å². The second kappa shape index (κ2) is 36.8. The summed E-state index contributed by atoms with van der Waals surface area (Å²) in [6.07, 6.45) is 7.11. The van der Waals surface area contributed by atoms with Gasteiger partial charge in [-0.05, 0) is 45.7 Å². The average Bonchev–Trinajstić information content (AvgIpc) is 2.88. The molecule has 2 aromatic carbocycles. The molecule has 0 aliphatic rings. The Labute approximate surface area is 206 Å². The highest BCUT2D eigenvalue weighted by molar-refractivity contribution is 5.64. The number of aryl methyl sites for hydroxylation is 4. The smallest absolute Gasteiger partial charge is 0.106 e. The molecule has 190 valence electrons. The number of nitrogens with zero attached hydrogens (tertiary/aromatic N) is 1. The van der Waals surface area contributed by atoms with Crippen molar-refractivity contribution in [1.29, 1.82) is 0 Å². The van der Waals surface area contributed by atoms with E-state index in [1.165, 1.54) is 47.9 Å². The van der Waals surface area contributed by atoms with Gasteiger partial charge < -0.3 is 9.59 Å². The Morgan fingerprint density at radius 1 is 0.636 bits per heavy atom. The highest BCUT2D eigenvalue weighted by atomic mass is 16.1. The highest BCUT2D eigenvalue weighted by Crippen LogP contribution is 2.21. The normalized spacial score (nSPS) is 8.09. The topological polar surface area (TPSA) is 46.5 Å². The van der Waals surface area contributed by atoms with Gasteiger partial charge in [0.25, 0.3) is 0 Å². The van der Waals surface area contributed by atoms with E-state index in [1.807, 2.05) is 40.6 Å². The van der Waals surface area contributed by atoms with Crippen molar-refractivity contribution in [2.45, 2.75) is 102 Å². The first kappa shape index (κ1) is 40.8. The van der Waals surface area contributed by atoms with Crippen LogP contribution >= 0.6 is 0 Å². The molecule has 3 nitrogen and oxygen atoms in total. The number of rotatable bonds is 3. The van der Waals surface area contributed by atoms with Crippen molar-refractivity contribution in [1.82, 2.24) is 0 Å². The number of aliphatic imine (C=N–C) groups is 1. The van der Waals surface area contributed by atoms with Gasteiger partial charge in [-0.15, -0.1) is 0 Å². The minimum atomic E-state index is 1.11. The van der Waals surface area contributed by atoms with E-state index in [2.05, 4.69) is 103 Å². The first-order valence-corrected chi connectivity index (χ1v) is 12.0. The molecule has 3 heteroatoms. The Morgan fingerprint density at radius 2 is 0.909 bits per heavy atom. The van der Waals surface area contributed by atoms with Gasteiger partial charge in [-0.2, -0.15) is 0 Å². The SMILES string of the molecule is C=O.C=O.CC.CC=Nc1c(C)cccc1C.CCCC.CCCC.Cc1ccc(C)cc1. The average molecular weight is 460 g/mol.